The van der Waals surface area contributed by atoms with E-state index in [9.17, 15) is 4.79 Å². The average Bonchev–Trinajstić information content (AvgIpc) is 2.56. The molecule has 1 fully saturated rings. The summed E-state index contributed by atoms with van der Waals surface area (Å²) in [5.41, 5.74) is 1.29. The van der Waals surface area contributed by atoms with E-state index in [1.54, 1.807) is 11.1 Å². The summed E-state index contributed by atoms with van der Waals surface area (Å²) in [6, 6.07) is 3.90. The molecule has 0 atom stereocenters. The van der Waals surface area contributed by atoms with E-state index in [2.05, 4.69) is 25.1 Å². The van der Waals surface area contributed by atoms with Crippen molar-refractivity contribution in [1.82, 2.24) is 25.1 Å². The third-order valence-corrected chi connectivity index (χ3v) is 3.46. The summed E-state index contributed by atoms with van der Waals surface area (Å²) < 4.78 is 0. The van der Waals surface area contributed by atoms with Gasteiger partial charge in [-0.25, -0.2) is 4.98 Å². The minimum absolute atomic E-state index is 0.0715. The van der Waals surface area contributed by atoms with Gasteiger partial charge in [0.05, 0.1) is 11.9 Å². The number of nitrogens with zero attached hydrogens (tertiary/aromatic N) is 6. The first-order chi connectivity index (χ1) is 10.2. The highest BCUT2D eigenvalue weighted by atomic mass is 16.2. The zero-order valence-electron chi connectivity index (χ0n) is 11.8. The summed E-state index contributed by atoms with van der Waals surface area (Å²) in [5.74, 6) is 0.782. The SMILES string of the molecule is Cc1ccc(N2CCN(C(=O)c3cnccn3)CC2)nn1. The molecule has 0 aromatic carbocycles. The maximum Gasteiger partial charge on any atom is 0.274 e. The van der Waals surface area contributed by atoms with Crippen molar-refractivity contribution in [2.75, 3.05) is 31.1 Å². The van der Waals surface area contributed by atoms with Crippen LogP contribution in [0.1, 0.15) is 16.2 Å². The third kappa shape index (κ3) is 2.96. The molecule has 0 N–H and O–H groups in total. The summed E-state index contributed by atoms with van der Waals surface area (Å²) in [5, 5.41) is 8.25. The highest BCUT2D eigenvalue weighted by molar-refractivity contribution is 5.92. The molecule has 0 aliphatic carbocycles. The zero-order chi connectivity index (χ0) is 14.7. The molecule has 1 amide bonds. The van der Waals surface area contributed by atoms with Gasteiger partial charge < -0.3 is 9.80 Å². The van der Waals surface area contributed by atoms with Gasteiger partial charge >= 0.3 is 0 Å². The van der Waals surface area contributed by atoms with Crippen molar-refractivity contribution in [3.8, 4) is 0 Å². The van der Waals surface area contributed by atoms with E-state index in [1.165, 1.54) is 12.4 Å². The fourth-order valence-electron chi connectivity index (χ4n) is 2.27. The monoisotopic (exact) mass is 284 g/mol. The quantitative estimate of drug-likeness (QED) is 0.801. The molecule has 0 radical (unpaired) electrons. The molecular weight excluding hydrogens is 268 g/mol. The molecule has 2 aromatic heterocycles. The van der Waals surface area contributed by atoms with E-state index in [-0.39, 0.29) is 5.91 Å². The number of hydrogen-bond donors (Lipinski definition) is 0. The Bertz CT molecular complexity index is 607. The van der Waals surface area contributed by atoms with Gasteiger partial charge in [-0.3, -0.25) is 9.78 Å². The molecule has 3 rings (SSSR count). The van der Waals surface area contributed by atoms with Crippen molar-refractivity contribution in [2.24, 2.45) is 0 Å². The van der Waals surface area contributed by atoms with Crippen LogP contribution in [0.3, 0.4) is 0 Å². The zero-order valence-corrected chi connectivity index (χ0v) is 11.8. The van der Waals surface area contributed by atoms with Crippen molar-refractivity contribution in [2.45, 2.75) is 6.92 Å². The van der Waals surface area contributed by atoms with E-state index in [4.69, 9.17) is 0 Å². The molecule has 7 nitrogen and oxygen atoms in total. The highest BCUT2D eigenvalue weighted by Crippen LogP contribution is 2.13. The number of hydrogen-bond acceptors (Lipinski definition) is 6. The standard InChI is InChI=1S/C14H16N6O/c1-11-2-3-13(18-17-11)19-6-8-20(9-7-19)14(21)12-10-15-4-5-16-12/h2-5,10H,6-9H2,1H3. The number of aryl methyl sites for hydroxylation is 1. The maximum absolute atomic E-state index is 12.3. The van der Waals surface area contributed by atoms with E-state index < -0.39 is 0 Å². The van der Waals surface area contributed by atoms with Crippen LogP contribution in [0.2, 0.25) is 0 Å². The normalized spacial score (nSPS) is 15.1. The third-order valence-electron chi connectivity index (χ3n) is 3.46. The minimum Gasteiger partial charge on any atom is -0.352 e. The first-order valence-electron chi connectivity index (χ1n) is 6.84. The van der Waals surface area contributed by atoms with Crippen molar-refractivity contribution in [1.29, 1.82) is 0 Å². The number of amides is 1. The first kappa shape index (κ1) is 13.4. The van der Waals surface area contributed by atoms with Gasteiger partial charge in [-0.05, 0) is 19.1 Å². The number of anilines is 1. The van der Waals surface area contributed by atoms with Crippen molar-refractivity contribution in [3.63, 3.8) is 0 Å². The van der Waals surface area contributed by atoms with Gasteiger partial charge in [0.1, 0.15) is 5.69 Å². The molecule has 1 aliphatic heterocycles. The van der Waals surface area contributed by atoms with Crippen LogP contribution in [0.25, 0.3) is 0 Å². The van der Waals surface area contributed by atoms with Crippen LogP contribution in [-0.4, -0.2) is 57.2 Å². The number of carbonyl (C=O) groups excluding carboxylic acids is 1. The molecule has 108 valence electrons. The molecule has 0 spiro atoms. The molecule has 1 saturated heterocycles. The van der Waals surface area contributed by atoms with Crippen LogP contribution in [0.15, 0.2) is 30.7 Å². The fraction of sp³-hybridized carbons (Fsp3) is 0.357. The molecule has 3 heterocycles. The Hall–Kier alpha value is -2.57. The van der Waals surface area contributed by atoms with Crippen LogP contribution in [0.5, 0.6) is 0 Å². The van der Waals surface area contributed by atoms with Crippen LogP contribution in [-0.2, 0) is 0 Å². The van der Waals surface area contributed by atoms with Gasteiger partial charge in [0, 0.05) is 38.6 Å². The van der Waals surface area contributed by atoms with Crippen molar-refractivity contribution >= 4 is 11.7 Å². The highest BCUT2D eigenvalue weighted by Gasteiger charge is 2.23. The average molecular weight is 284 g/mol. The predicted octanol–water partition coefficient (Wildman–Crippen LogP) is 0.537. The minimum atomic E-state index is -0.0715. The lowest BCUT2D eigenvalue weighted by atomic mass is 10.2. The molecule has 0 saturated carbocycles. The second-order valence-corrected chi connectivity index (χ2v) is 4.90. The van der Waals surface area contributed by atoms with Crippen molar-refractivity contribution < 1.29 is 4.79 Å². The summed E-state index contributed by atoms with van der Waals surface area (Å²) in [7, 11) is 0. The Morgan fingerprint density at radius 2 is 1.90 bits per heavy atom. The van der Waals surface area contributed by atoms with Crippen LogP contribution >= 0.6 is 0 Å². The molecule has 0 unspecified atom stereocenters. The van der Waals surface area contributed by atoms with E-state index in [0.717, 1.165) is 24.6 Å². The van der Waals surface area contributed by atoms with Crippen LogP contribution < -0.4 is 4.90 Å². The predicted molar refractivity (Wildman–Crippen MR) is 76.9 cm³/mol. The molecule has 21 heavy (non-hydrogen) atoms. The van der Waals surface area contributed by atoms with Gasteiger partial charge in [-0.1, -0.05) is 0 Å². The smallest absolute Gasteiger partial charge is 0.274 e. The molecule has 7 heteroatoms. The first-order valence-corrected chi connectivity index (χ1v) is 6.84. The van der Waals surface area contributed by atoms with Gasteiger partial charge in [0.2, 0.25) is 0 Å². The van der Waals surface area contributed by atoms with E-state index in [1.807, 2.05) is 19.1 Å². The lowest BCUT2D eigenvalue weighted by molar-refractivity contribution is 0.0740. The number of aromatic nitrogens is 4. The Labute approximate surface area is 122 Å². The Balaban J connectivity index is 1.63. The van der Waals surface area contributed by atoms with Crippen LogP contribution in [0.4, 0.5) is 5.82 Å². The largest absolute Gasteiger partial charge is 0.352 e. The lowest BCUT2D eigenvalue weighted by Gasteiger charge is -2.34. The second kappa shape index (κ2) is 5.82. The maximum atomic E-state index is 12.3. The van der Waals surface area contributed by atoms with E-state index >= 15 is 0 Å². The second-order valence-electron chi connectivity index (χ2n) is 4.90. The van der Waals surface area contributed by atoms with E-state index in [0.29, 0.717) is 18.8 Å². The Kier molecular flexibility index (Phi) is 3.72. The summed E-state index contributed by atoms with van der Waals surface area (Å²) in [6.45, 7) is 4.68. The summed E-state index contributed by atoms with van der Waals surface area (Å²) in [6.07, 6.45) is 4.59. The molecule has 0 bridgehead atoms. The van der Waals surface area contributed by atoms with Gasteiger partial charge in [0.15, 0.2) is 5.82 Å². The molecule has 1 aliphatic rings. The van der Waals surface area contributed by atoms with Gasteiger partial charge in [-0.2, -0.15) is 5.10 Å². The van der Waals surface area contributed by atoms with Gasteiger partial charge in [0.25, 0.3) is 5.91 Å². The topological polar surface area (TPSA) is 75.1 Å². The number of carbonyl (C=O) groups is 1. The molecule has 2 aromatic rings. The fourth-order valence-corrected chi connectivity index (χ4v) is 2.27. The van der Waals surface area contributed by atoms with Crippen LogP contribution in [0, 0.1) is 6.92 Å². The lowest BCUT2D eigenvalue weighted by Crippen LogP contribution is -2.49. The summed E-state index contributed by atoms with van der Waals surface area (Å²) >= 11 is 0. The Morgan fingerprint density at radius 3 is 2.52 bits per heavy atom. The number of piperazine rings is 1. The Morgan fingerprint density at radius 1 is 1.10 bits per heavy atom. The van der Waals surface area contributed by atoms with Gasteiger partial charge in [-0.15, -0.1) is 5.10 Å². The summed E-state index contributed by atoms with van der Waals surface area (Å²) in [4.78, 5) is 24.2. The number of rotatable bonds is 2. The van der Waals surface area contributed by atoms with Crippen molar-refractivity contribution in [3.05, 3.63) is 42.1 Å². The molecular formula is C14H16N6O.